The van der Waals surface area contributed by atoms with Gasteiger partial charge < -0.3 is 20.5 Å². The van der Waals surface area contributed by atoms with Crippen molar-refractivity contribution >= 4 is 40.0 Å². The van der Waals surface area contributed by atoms with E-state index in [4.69, 9.17) is 26.8 Å². The largest absolute Gasteiger partial charge is 0.495 e. The van der Waals surface area contributed by atoms with Gasteiger partial charge in [-0.05, 0) is 54.1 Å². The second kappa shape index (κ2) is 8.85. The Bertz CT molecular complexity index is 1270. The third-order valence-corrected chi connectivity index (χ3v) is 4.74. The summed E-state index contributed by atoms with van der Waals surface area (Å²) >= 11 is 6.16. The molecule has 0 aliphatic rings. The number of pyridine rings is 1. The fourth-order valence-electron chi connectivity index (χ4n) is 2.90. The highest BCUT2D eigenvalue weighted by molar-refractivity contribution is 6.32. The molecule has 1 amide bonds. The molecule has 0 radical (unpaired) electrons. The number of rotatable bonds is 7. The number of nitrogens with one attached hydrogen (secondary N) is 1. The Balaban J connectivity index is 1.47. The van der Waals surface area contributed by atoms with Crippen LogP contribution in [0.2, 0.25) is 5.02 Å². The fraction of sp³-hybridized carbons (Fsp3) is 0.0909. The standard InChI is InChI=1S/C22H18ClN5O3/c1-30-20-5-2-15(10-17(20)23)27-22-26-11-14-9-16(3-4-18(14)28-22)31-12-13-6-7-25-19(8-13)21(24)29/h2-11H,12H2,1H3,(H2,24,29)(H,26,27,28). The van der Waals surface area contributed by atoms with Crippen LogP contribution in [-0.2, 0) is 6.61 Å². The van der Waals surface area contributed by atoms with Gasteiger partial charge in [-0.2, -0.15) is 0 Å². The molecule has 156 valence electrons. The number of aromatic nitrogens is 3. The molecule has 0 saturated heterocycles. The molecule has 8 nitrogen and oxygen atoms in total. The molecule has 0 aliphatic carbocycles. The first-order valence-electron chi connectivity index (χ1n) is 9.27. The maximum absolute atomic E-state index is 11.2. The first-order valence-corrected chi connectivity index (χ1v) is 9.64. The molecule has 0 spiro atoms. The molecule has 2 aromatic carbocycles. The van der Waals surface area contributed by atoms with Gasteiger partial charge in [0.2, 0.25) is 5.95 Å². The number of primary amides is 1. The van der Waals surface area contributed by atoms with Gasteiger partial charge in [0, 0.05) is 23.5 Å². The van der Waals surface area contributed by atoms with Crippen LogP contribution in [0.5, 0.6) is 11.5 Å². The lowest BCUT2D eigenvalue weighted by Gasteiger charge is -2.10. The van der Waals surface area contributed by atoms with E-state index in [2.05, 4.69) is 20.3 Å². The predicted molar refractivity (Wildman–Crippen MR) is 118 cm³/mol. The molecule has 4 aromatic rings. The Kier molecular flexibility index (Phi) is 5.81. The summed E-state index contributed by atoms with van der Waals surface area (Å²) in [5, 5.41) is 4.44. The van der Waals surface area contributed by atoms with Crippen LogP contribution >= 0.6 is 11.6 Å². The molecule has 0 atom stereocenters. The zero-order valence-electron chi connectivity index (χ0n) is 16.5. The van der Waals surface area contributed by atoms with Gasteiger partial charge >= 0.3 is 0 Å². The lowest BCUT2D eigenvalue weighted by atomic mass is 10.2. The van der Waals surface area contributed by atoms with Gasteiger partial charge in [-0.1, -0.05) is 11.6 Å². The quantitative estimate of drug-likeness (QED) is 0.449. The Morgan fingerprint density at radius 1 is 1.13 bits per heavy atom. The number of halogens is 1. The molecular weight excluding hydrogens is 418 g/mol. The summed E-state index contributed by atoms with van der Waals surface area (Å²) in [5.41, 5.74) is 7.75. The zero-order chi connectivity index (χ0) is 21.8. The van der Waals surface area contributed by atoms with Crippen molar-refractivity contribution < 1.29 is 14.3 Å². The van der Waals surface area contributed by atoms with E-state index in [1.807, 2.05) is 24.3 Å². The molecule has 2 heterocycles. The van der Waals surface area contributed by atoms with E-state index < -0.39 is 5.91 Å². The van der Waals surface area contributed by atoms with E-state index in [-0.39, 0.29) is 12.3 Å². The molecule has 3 N–H and O–H groups in total. The average Bonchev–Trinajstić information content (AvgIpc) is 2.78. The smallest absolute Gasteiger partial charge is 0.267 e. The molecule has 0 fully saturated rings. The maximum Gasteiger partial charge on any atom is 0.267 e. The summed E-state index contributed by atoms with van der Waals surface area (Å²) in [6.07, 6.45) is 3.23. The van der Waals surface area contributed by atoms with Gasteiger partial charge in [-0.25, -0.2) is 9.97 Å². The van der Waals surface area contributed by atoms with Crippen LogP contribution in [0.25, 0.3) is 10.9 Å². The number of ether oxygens (including phenoxy) is 2. The number of nitrogens with zero attached hydrogens (tertiary/aromatic N) is 3. The van der Waals surface area contributed by atoms with Crippen molar-refractivity contribution in [2.24, 2.45) is 5.73 Å². The third-order valence-electron chi connectivity index (χ3n) is 4.44. The van der Waals surface area contributed by atoms with Gasteiger partial charge in [0.15, 0.2) is 0 Å². The summed E-state index contributed by atoms with van der Waals surface area (Å²) in [6, 6.07) is 14.2. The second-order valence-electron chi connectivity index (χ2n) is 6.59. The van der Waals surface area contributed by atoms with Crippen molar-refractivity contribution in [1.29, 1.82) is 0 Å². The number of amides is 1. The molecule has 0 bridgehead atoms. The van der Waals surface area contributed by atoms with Crippen LogP contribution in [0, 0.1) is 0 Å². The van der Waals surface area contributed by atoms with Crippen molar-refractivity contribution in [2.45, 2.75) is 6.61 Å². The fourth-order valence-corrected chi connectivity index (χ4v) is 3.16. The number of carbonyl (C=O) groups is 1. The van der Waals surface area contributed by atoms with E-state index in [1.165, 1.54) is 6.20 Å². The minimum Gasteiger partial charge on any atom is -0.495 e. The lowest BCUT2D eigenvalue weighted by molar-refractivity contribution is 0.0995. The van der Waals surface area contributed by atoms with Crippen LogP contribution in [0.4, 0.5) is 11.6 Å². The Labute approximate surface area is 183 Å². The second-order valence-corrected chi connectivity index (χ2v) is 7.00. The minimum atomic E-state index is -0.578. The number of fused-ring (bicyclic) bond motifs is 1. The Morgan fingerprint density at radius 2 is 2.00 bits per heavy atom. The van der Waals surface area contributed by atoms with E-state index in [0.717, 1.165) is 22.2 Å². The third kappa shape index (κ3) is 4.81. The van der Waals surface area contributed by atoms with Crippen molar-refractivity contribution in [2.75, 3.05) is 12.4 Å². The maximum atomic E-state index is 11.2. The lowest BCUT2D eigenvalue weighted by Crippen LogP contribution is -2.13. The van der Waals surface area contributed by atoms with Crippen molar-refractivity contribution in [1.82, 2.24) is 15.0 Å². The highest BCUT2D eigenvalue weighted by atomic mass is 35.5. The number of hydrogen-bond acceptors (Lipinski definition) is 7. The van der Waals surface area contributed by atoms with E-state index in [1.54, 1.807) is 37.6 Å². The van der Waals surface area contributed by atoms with Gasteiger partial charge in [0.05, 0.1) is 17.6 Å². The zero-order valence-corrected chi connectivity index (χ0v) is 17.3. The van der Waals surface area contributed by atoms with E-state index in [0.29, 0.717) is 22.5 Å². The number of hydrogen-bond donors (Lipinski definition) is 2. The van der Waals surface area contributed by atoms with Crippen LogP contribution < -0.4 is 20.5 Å². The van der Waals surface area contributed by atoms with E-state index in [9.17, 15) is 4.79 Å². The molecular formula is C22H18ClN5O3. The normalized spacial score (nSPS) is 10.6. The molecule has 0 saturated carbocycles. The number of nitrogens with two attached hydrogens (primary N) is 1. The van der Waals surface area contributed by atoms with Crippen LogP contribution in [-0.4, -0.2) is 28.0 Å². The topological polar surface area (TPSA) is 112 Å². The van der Waals surface area contributed by atoms with Gasteiger partial charge in [0.1, 0.15) is 23.8 Å². The van der Waals surface area contributed by atoms with Crippen LogP contribution in [0.3, 0.4) is 0 Å². The van der Waals surface area contributed by atoms with Crippen LogP contribution in [0.1, 0.15) is 16.1 Å². The highest BCUT2D eigenvalue weighted by Gasteiger charge is 2.07. The van der Waals surface area contributed by atoms with Gasteiger partial charge in [0.25, 0.3) is 5.91 Å². The summed E-state index contributed by atoms with van der Waals surface area (Å²) in [7, 11) is 1.56. The molecule has 31 heavy (non-hydrogen) atoms. The van der Waals surface area contributed by atoms with Gasteiger partial charge in [-0.15, -0.1) is 0 Å². The SMILES string of the molecule is COc1ccc(Nc2ncc3cc(OCc4ccnc(C(N)=O)c4)ccc3n2)cc1Cl. The minimum absolute atomic E-state index is 0.200. The average molecular weight is 436 g/mol. The summed E-state index contributed by atoms with van der Waals surface area (Å²) in [4.78, 5) is 24.0. The Hall–Kier alpha value is -3.91. The molecule has 9 heteroatoms. The van der Waals surface area contributed by atoms with Crippen LogP contribution in [0.15, 0.2) is 60.9 Å². The summed E-state index contributed by atoms with van der Waals surface area (Å²) in [6.45, 7) is 0.271. The predicted octanol–water partition coefficient (Wildman–Crippen LogP) is 4.11. The van der Waals surface area contributed by atoms with Crippen molar-refractivity contribution in [3.8, 4) is 11.5 Å². The number of anilines is 2. The summed E-state index contributed by atoms with van der Waals surface area (Å²) < 4.78 is 11.0. The summed E-state index contributed by atoms with van der Waals surface area (Å²) in [5.74, 6) is 1.11. The first kappa shape index (κ1) is 20.4. The molecule has 4 rings (SSSR count). The molecule has 0 unspecified atom stereocenters. The molecule has 2 aromatic heterocycles. The van der Waals surface area contributed by atoms with Crippen molar-refractivity contribution in [3.63, 3.8) is 0 Å². The number of methoxy groups -OCH3 is 1. The molecule has 0 aliphatic heterocycles. The Morgan fingerprint density at radius 3 is 2.77 bits per heavy atom. The van der Waals surface area contributed by atoms with Gasteiger partial charge in [-0.3, -0.25) is 9.78 Å². The highest BCUT2D eigenvalue weighted by Crippen LogP contribution is 2.28. The van der Waals surface area contributed by atoms with E-state index >= 15 is 0 Å². The number of carbonyl (C=O) groups excluding carboxylic acids is 1. The first-order chi connectivity index (χ1) is 15.0. The number of benzene rings is 2. The monoisotopic (exact) mass is 435 g/mol. The van der Waals surface area contributed by atoms with Crippen molar-refractivity contribution in [3.05, 3.63) is 77.2 Å².